The van der Waals surface area contributed by atoms with Crippen LogP contribution in [0.15, 0.2) is 30.7 Å². The highest BCUT2D eigenvalue weighted by atomic mass is 16.5. The summed E-state index contributed by atoms with van der Waals surface area (Å²) in [4.78, 5) is 12.7. The average molecular weight is 421 g/mol. The first-order valence-electron chi connectivity index (χ1n) is 10.9. The highest BCUT2D eigenvalue weighted by molar-refractivity contribution is 5.89. The molecule has 0 spiro atoms. The third kappa shape index (κ3) is 3.61. The number of pyridine rings is 2. The van der Waals surface area contributed by atoms with Crippen LogP contribution in [0, 0.1) is 0 Å². The standard InChI is InChI=1S/C23H28N6O2/c1-13(2)20-21(14-10-18(30-3)23-25-12-26-29(23)11-14)27-17-8-9-19(28-22(17)20)31-16-6-4-15(24)5-7-16/h8-13,15-16,27H,4-7,24H2,1-3H3. The van der Waals surface area contributed by atoms with E-state index in [1.54, 1.807) is 11.6 Å². The molecule has 0 amide bonds. The fourth-order valence-electron chi connectivity index (χ4n) is 4.48. The van der Waals surface area contributed by atoms with Gasteiger partial charge in [-0.15, -0.1) is 0 Å². The Morgan fingerprint density at radius 3 is 2.74 bits per heavy atom. The van der Waals surface area contributed by atoms with E-state index >= 15 is 0 Å². The summed E-state index contributed by atoms with van der Waals surface area (Å²) in [5.74, 6) is 1.61. The van der Waals surface area contributed by atoms with E-state index in [9.17, 15) is 0 Å². The Labute approximate surface area is 180 Å². The van der Waals surface area contributed by atoms with Gasteiger partial charge in [0.1, 0.15) is 12.4 Å². The molecule has 8 nitrogen and oxygen atoms in total. The molecule has 0 atom stereocenters. The van der Waals surface area contributed by atoms with Crippen LogP contribution in [0.4, 0.5) is 0 Å². The molecule has 0 unspecified atom stereocenters. The molecule has 31 heavy (non-hydrogen) atoms. The summed E-state index contributed by atoms with van der Waals surface area (Å²) in [6.07, 6.45) is 7.64. The van der Waals surface area contributed by atoms with Crippen LogP contribution in [0.3, 0.4) is 0 Å². The molecule has 5 rings (SSSR count). The minimum atomic E-state index is 0.185. The molecule has 0 aliphatic heterocycles. The molecule has 1 aliphatic carbocycles. The van der Waals surface area contributed by atoms with E-state index in [1.807, 2.05) is 24.4 Å². The maximum atomic E-state index is 6.22. The Morgan fingerprint density at radius 2 is 2.00 bits per heavy atom. The van der Waals surface area contributed by atoms with E-state index in [2.05, 4.69) is 28.9 Å². The van der Waals surface area contributed by atoms with Crippen molar-refractivity contribution in [2.45, 2.75) is 57.6 Å². The normalized spacial score (nSPS) is 19.4. The first-order chi connectivity index (χ1) is 15.0. The highest BCUT2D eigenvalue weighted by Gasteiger charge is 2.23. The number of aromatic nitrogens is 5. The number of nitrogens with one attached hydrogen (secondary N) is 1. The van der Waals surface area contributed by atoms with Crippen LogP contribution in [0.25, 0.3) is 27.9 Å². The quantitative estimate of drug-likeness (QED) is 0.505. The number of hydrogen-bond acceptors (Lipinski definition) is 6. The Hall–Kier alpha value is -3.13. The summed E-state index contributed by atoms with van der Waals surface area (Å²) in [6.45, 7) is 4.35. The second-order valence-corrected chi connectivity index (χ2v) is 8.59. The highest BCUT2D eigenvalue weighted by Crippen LogP contribution is 2.37. The van der Waals surface area contributed by atoms with Gasteiger partial charge in [-0.1, -0.05) is 13.8 Å². The molecule has 4 aromatic rings. The Bertz CT molecular complexity index is 1220. The molecule has 4 heterocycles. The van der Waals surface area contributed by atoms with Gasteiger partial charge in [-0.25, -0.2) is 14.5 Å². The smallest absolute Gasteiger partial charge is 0.214 e. The van der Waals surface area contributed by atoms with Gasteiger partial charge in [0.15, 0.2) is 11.4 Å². The number of rotatable bonds is 5. The van der Waals surface area contributed by atoms with Crippen LogP contribution in [0.2, 0.25) is 0 Å². The van der Waals surface area contributed by atoms with E-state index in [4.69, 9.17) is 20.2 Å². The predicted octanol–water partition coefficient (Wildman–Crippen LogP) is 4.05. The minimum absolute atomic E-state index is 0.185. The first kappa shape index (κ1) is 19.8. The molecule has 1 fully saturated rings. The van der Waals surface area contributed by atoms with Crippen LogP contribution in [-0.4, -0.2) is 43.8 Å². The third-order valence-corrected chi connectivity index (χ3v) is 6.09. The van der Waals surface area contributed by atoms with Crippen LogP contribution in [0.1, 0.15) is 51.0 Å². The molecule has 0 bridgehead atoms. The van der Waals surface area contributed by atoms with Crippen molar-refractivity contribution in [3.63, 3.8) is 0 Å². The van der Waals surface area contributed by atoms with Gasteiger partial charge >= 0.3 is 0 Å². The van der Waals surface area contributed by atoms with Crippen LogP contribution < -0.4 is 15.2 Å². The van der Waals surface area contributed by atoms with Crippen molar-refractivity contribution in [2.75, 3.05) is 7.11 Å². The van der Waals surface area contributed by atoms with Crippen molar-refractivity contribution in [1.29, 1.82) is 0 Å². The van der Waals surface area contributed by atoms with Gasteiger partial charge in [0.2, 0.25) is 5.88 Å². The molecule has 0 aromatic carbocycles. The van der Waals surface area contributed by atoms with Crippen LogP contribution >= 0.6 is 0 Å². The Balaban J connectivity index is 1.57. The zero-order chi connectivity index (χ0) is 21.5. The van der Waals surface area contributed by atoms with Crippen molar-refractivity contribution < 1.29 is 9.47 Å². The fourth-order valence-corrected chi connectivity index (χ4v) is 4.48. The lowest BCUT2D eigenvalue weighted by Crippen LogP contribution is -2.31. The molecule has 3 N–H and O–H groups in total. The topological polar surface area (TPSA) is 103 Å². The number of aromatic amines is 1. The molecule has 0 radical (unpaired) electrons. The van der Waals surface area contributed by atoms with Crippen molar-refractivity contribution in [3.05, 3.63) is 36.3 Å². The van der Waals surface area contributed by atoms with Crippen molar-refractivity contribution >= 4 is 16.7 Å². The number of ether oxygens (including phenoxy) is 2. The summed E-state index contributed by atoms with van der Waals surface area (Å²) in [5.41, 5.74) is 11.8. The predicted molar refractivity (Wildman–Crippen MR) is 120 cm³/mol. The number of hydrogen-bond donors (Lipinski definition) is 2. The number of H-pyrrole nitrogens is 1. The van der Waals surface area contributed by atoms with Gasteiger partial charge in [-0.3, -0.25) is 0 Å². The van der Waals surface area contributed by atoms with Crippen molar-refractivity contribution in [3.8, 4) is 22.9 Å². The van der Waals surface area contributed by atoms with Gasteiger partial charge in [-0.05, 0) is 43.7 Å². The number of fused-ring (bicyclic) bond motifs is 2. The molecular weight excluding hydrogens is 392 g/mol. The summed E-state index contributed by atoms with van der Waals surface area (Å²) >= 11 is 0. The average Bonchev–Trinajstić information content (AvgIpc) is 3.38. The summed E-state index contributed by atoms with van der Waals surface area (Å²) in [6, 6.07) is 6.29. The van der Waals surface area contributed by atoms with E-state index in [1.165, 1.54) is 6.33 Å². The lowest BCUT2D eigenvalue weighted by molar-refractivity contribution is 0.141. The maximum Gasteiger partial charge on any atom is 0.214 e. The first-order valence-corrected chi connectivity index (χ1v) is 10.9. The van der Waals surface area contributed by atoms with Crippen LogP contribution in [0.5, 0.6) is 11.6 Å². The van der Waals surface area contributed by atoms with Gasteiger partial charge in [0.25, 0.3) is 0 Å². The third-order valence-electron chi connectivity index (χ3n) is 6.09. The Morgan fingerprint density at radius 1 is 1.19 bits per heavy atom. The second-order valence-electron chi connectivity index (χ2n) is 8.59. The zero-order valence-corrected chi connectivity index (χ0v) is 18.1. The van der Waals surface area contributed by atoms with E-state index < -0.39 is 0 Å². The molecule has 1 saturated carbocycles. The van der Waals surface area contributed by atoms with Gasteiger partial charge in [0, 0.05) is 29.4 Å². The van der Waals surface area contributed by atoms with Gasteiger partial charge in [-0.2, -0.15) is 5.10 Å². The van der Waals surface area contributed by atoms with Crippen LogP contribution in [-0.2, 0) is 0 Å². The van der Waals surface area contributed by atoms with Gasteiger partial charge in [0.05, 0.1) is 23.8 Å². The summed E-state index contributed by atoms with van der Waals surface area (Å²) in [5, 5.41) is 4.29. The van der Waals surface area contributed by atoms with Crippen molar-refractivity contribution in [1.82, 2.24) is 24.6 Å². The fraction of sp³-hybridized carbons (Fsp3) is 0.435. The maximum absolute atomic E-state index is 6.22. The zero-order valence-electron chi connectivity index (χ0n) is 18.1. The molecule has 4 aromatic heterocycles. The number of nitrogens with two attached hydrogens (primary N) is 1. The molecular formula is C23H28N6O2. The summed E-state index contributed by atoms with van der Waals surface area (Å²) in [7, 11) is 1.64. The largest absolute Gasteiger partial charge is 0.493 e. The minimum Gasteiger partial charge on any atom is -0.493 e. The lowest BCUT2D eigenvalue weighted by atomic mass is 9.94. The second kappa shape index (κ2) is 7.85. The molecule has 162 valence electrons. The molecule has 8 heteroatoms. The molecule has 0 saturated heterocycles. The van der Waals surface area contributed by atoms with E-state index in [-0.39, 0.29) is 12.0 Å². The SMILES string of the molecule is COc1cc(-c2[nH]c3ccc(OC4CCC(N)CC4)nc3c2C(C)C)cn2ncnc12. The Kier molecular flexibility index (Phi) is 5.02. The van der Waals surface area contributed by atoms with E-state index in [0.29, 0.717) is 23.3 Å². The van der Waals surface area contributed by atoms with Gasteiger partial charge < -0.3 is 20.2 Å². The monoisotopic (exact) mass is 420 g/mol. The van der Waals surface area contributed by atoms with E-state index in [0.717, 1.165) is 53.5 Å². The number of methoxy groups -OCH3 is 1. The van der Waals surface area contributed by atoms with Crippen molar-refractivity contribution in [2.24, 2.45) is 5.73 Å². The lowest BCUT2D eigenvalue weighted by Gasteiger charge is -2.26. The molecule has 1 aliphatic rings. The summed E-state index contributed by atoms with van der Waals surface area (Å²) < 4.78 is 13.5. The number of nitrogens with zero attached hydrogens (tertiary/aromatic N) is 4.